The summed E-state index contributed by atoms with van der Waals surface area (Å²) in [6.45, 7) is 0. The highest BCUT2D eigenvalue weighted by atomic mass is 16.4. The van der Waals surface area contributed by atoms with Crippen LogP contribution in [0, 0.1) is 0 Å². The Morgan fingerprint density at radius 1 is 1.35 bits per heavy atom. The number of nitrogens with zero attached hydrogens (tertiary/aromatic N) is 1. The molecule has 0 radical (unpaired) electrons. The highest BCUT2D eigenvalue weighted by molar-refractivity contribution is 5.86. The molecule has 1 heterocycles. The number of carboxylic acid groups (broad SMARTS) is 1. The molecular formula is C11H8N2O4. The van der Waals surface area contributed by atoms with E-state index >= 15 is 0 Å². The Bertz CT molecular complexity index is 633. The summed E-state index contributed by atoms with van der Waals surface area (Å²) < 4.78 is 0. The van der Waals surface area contributed by atoms with Crippen LogP contribution in [0.5, 0.6) is 5.75 Å². The van der Waals surface area contributed by atoms with Gasteiger partial charge in [-0.3, -0.25) is 4.79 Å². The van der Waals surface area contributed by atoms with E-state index in [9.17, 15) is 14.7 Å². The summed E-state index contributed by atoms with van der Waals surface area (Å²) in [6, 6.07) is 6.13. The normalized spacial score (nSPS) is 10.1. The van der Waals surface area contributed by atoms with Crippen LogP contribution in [0.4, 0.5) is 0 Å². The molecule has 0 bridgehead atoms. The average Bonchev–Trinajstić information content (AvgIpc) is 2.28. The van der Waals surface area contributed by atoms with Crippen molar-refractivity contribution in [3.05, 3.63) is 46.4 Å². The van der Waals surface area contributed by atoms with Gasteiger partial charge in [0.15, 0.2) is 0 Å². The number of phenolic OH excluding ortho intramolecular Hbond substituents is 1. The molecule has 0 amide bonds. The Hall–Kier alpha value is -2.63. The number of carboxylic acids is 1. The molecule has 17 heavy (non-hydrogen) atoms. The number of carbonyl (C=O) groups is 1. The smallest absolute Gasteiger partial charge is 0.342 e. The minimum Gasteiger partial charge on any atom is -0.508 e. The van der Waals surface area contributed by atoms with Gasteiger partial charge in [-0.2, -0.15) is 0 Å². The zero-order chi connectivity index (χ0) is 12.4. The van der Waals surface area contributed by atoms with Gasteiger partial charge in [-0.1, -0.05) is 12.1 Å². The molecule has 0 saturated heterocycles. The number of hydrogen-bond donors (Lipinski definition) is 3. The van der Waals surface area contributed by atoms with Crippen LogP contribution < -0.4 is 5.56 Å². The average molecular weight is 232 g/mol. The van der Waals surface area contributed by atoms with Crippen LogP contribution >= 0.6 is 0 Å². The Morgan fingerprint density at radius 3 is 2.71 bits per heavy atom. The zero-order valence-corrected chi connectivity index (χ0v) is 8.54. The summed E-state index contributed by atoms with van der Waals surface area (Å²) in [4.78, 5) is 28.2. The van der Waals surface area contributed by atoms with Crippen LogP contribution in [0.2, 0.25) is 0 Å². The van der Waals surface area contributed by atoms with Crippen LogP contribution in [-0.2, 0) is 0 Å². The van der Waals surface area contributed by atoms with Crippen molar-refractivity contribution in [3.8, 4) is 17.1 Å². The lowest BCUT2D eigenvalue weighted by molar-refractivity contribution is 0.0694. The molecule has 6 heteroatoms. The first-order valence-electron chi connectivity index (χ1n) is 4.70. The molecule has 1 aromatic heterocycles. The number of aromatic carboxylic acids is 1. The van der Waals surface area contributed by atoms with Gasteiger partial charge in [0.25, 0.3) is 5.56 Å². The van der Waals surface area contributed by atoms with E-state index in [0.717, 1.165) is 6.20 Å². The third kappa shape index (κ3) is 2.15. The Labute approximate surface area is 95.2 Å². The molecule has 0 aliphatic carbocycles. The molecule has 3 N–H and O–H groups in total. The van der Waals surface area contributed by atoms with Crippen molar-refractivity contribution < 1.29 is 15.0 Å². The molecule has 0 unspecified atom stereocenters. The van der Waals surface area contributed by atoms with Crippen LogP contribution in [0.15, 0.2) is 35.3 Å². The van der Waals surface area contributed by atoms with Gasteiger partial charge in [0.05, 0.1) is 0 Å². The molecule has 6 nitrogen and oxygen atoms in total. The van der Waals surface area contributed by atoms with Gasteiger partial charge in [0.1, 0.15) is 17.1 Å². The molecule has 0 aliphatic rings. The number of rotatable bonds is 2. The maximum atomic E-state index is 11.4. The minimum atomic E-state index is -1.33. The summed E-state index contributed by atoms with van der Waals surface area (Å²) in [5.74, 6) is -1.09. The fourth-order valence-electron chi connectivity index (χ4n) is 1.35. The van der Waals surface area contributed by atoms with Crippen molar-refractivity contribution in [3.63, 3.8) is 0 Å². The van der Waals surface area contributed by atoms with E-state index < -0.39 is 17.1 Å². The third-order valence-corrected chi connectivity index (χ3v) is 2.15. The van der Waals surface area contributed by atoms with Crippen LogP contribution in [0.3, 0.4) is 0 Å². The first kappa shape index (κ1) is 10.9. The predicted molar refractivity (Wildman–Crippen MR) is 58.9 cm³/mol. The number of hydrogen-bond acceptors (Lipinski definition) is 4. The Morgan fingerprint density at radius 2 is 2.12 bits per heavy atom. The highest BCUT2D eigenvalue weighted by Crippen LogP contribution is 2.18. The fraction of sp³-hybridized carbons (Fsp3) is 0. The van der Waals surface area contributed by atoms with Gasteiger partial charge in [0, 0.05) is 11.8 Å². The molecule has 0 saturated carbocycles. The second kappa shape index (κ2) is 4.09. The summed E-state index contributed by atoms with van der Waals surface area (Å²) in [6.07, 6.45) is 0.987. The lowest BCUT2D eigenvalue weighted by Crippen LogP contribution is -2.18. The highest BCUT2D eigenvalue weighted by Gasteiger charge is 2.10. The van der Waals surface area contributed by atoms with E-state index in [1.54, 1.807) is 12.1 Å². The van der Waals surface area contributed by atoms with E-state index in [4.69, 9.17) is 5.11 Å². The van der Waals surface area contributed by atoms with Gasteiger partial charge in [-0.05, 0) is 12.1 Å². The largest absolute Gasteiger partial charge is 0.508 e. The Balaban J connectivity index is 2.52. The lowest BCUT2D eigenvalue weighted by Gasteiger charge is -2.01. The quantitative estimate of drug-likeness (QED) is 0.711. The topological polar surface area (TPSA) is 103 Å². The molecule has 2 aromatic rings. The fourth-order valence-corrected chi connectivity index (χ4v) is 1.35. The monoisotopic (exact) mass is 232 g/mol. The van der Waals surface area contributed by atoms with Crippen LogP contribution in [-0.4, -0.2) is 26.2 Å². The SMILES string of the molecule is O=C(O)c1cnc(-c2cccc(O)c2)[nH]c1=O. The third-order valence-electron chi connectivity index (χ3n) is 2.15. The molecule has 0 spiro atoms. The van der Waals surface area contributed by atoms with Crippen molar-refractivity contribution in [2.75, 3.05) is 0 Å². The second-order valence-corrected chi connectivity index (χ2v) is 3.33. The van der Waals surface area contributed by atoms with Gasteiger partial charge in [-0.15, -0.1) is 0 Å². The maximum Gasteiger partial charge on any atom is 0.342 e. The molecule has 1 aromatic carbocycles. The van der Waals surface area contributed by atoms with Gasteiger partial charge in [0.2, 0.25) is 0 Å². The molecular weight excluding hydrogens is 224 g/mol. The summed E-state index contributed by atoms with van der Waals surface area (Å²) >= 11 is 0. The first-order chi connectivity index (χ1) is 8.08. The number of aromatic amines is 1. The maximum absolute atomic E-state index is 11.4. The van der Waals surface area contributed by atoms with Crippen molar-refractivity contribution >= 4 is 5.97 Å². The molecule has 2 rings (SSSR count). The molecule has 0 atom stereocenters. The number of phenols is 1. The van der Waals surface area contributed by atoms with Gasteiger partial charge in [-0.25, -0.2) is 9.78 Å². The number of H-pyrrole nitrogens is 1. The van der Waals surface area contributed by atoms with Crippen LogP contribution in [0.1, 0.15) is 10.4 Å². The number of aromatic hydroxyl groups is 1. The number of nitrogens with one attached hydrogen (secondary N) is 1. The van der Waals surface area contributed by atoms with E-state index in [-0.39, 0.29) is 11.6 Å². The predicted octanol–water partition coefficient (Wildman–Crippen LogP) is 0.841. The van der Waals surface area contributed by atoms with Gasteiger partial charge < -0.3 is 15.2 Å². The van der Waals surface area contributed by atoms with E-state index in [1.807, 2.05) is 0 Å². The zero-order valence-electron chi connectivity index (χ0n) is 8.54. The van der Waals surface area contributed by atoms with Crippen LogP contribution in [0.25, 0.3) is 11.4 Å². The summed E-state index contributed by atoms with van der Waals surface area (Å²) in [7, 11) is 0. The number of aromatic nitrogens is 2. The first-order valence-corrected chi connectivity index (χ1v) is 4.70. The van der Waals surface area contributed by atoms with Crippen molar-refractivity contribution in [2.24, 2.45) is 0 Å². The van der Waals surface area contributed by atoms with Crippen molar-refractivity contribution in [1.29, 1.82) is 0 Å². The molecule has 0 fully saturated rings. The summed E-state index contributed by atoms with van der Waals surface area (Å²) in [5, 5.41) is 17.9. The molecule has 0 aliphatic heterocycles. The van der Waals surface area contributed by atoms with Crippen molar-refractivity contribution in [1.82, 2.24) is 9.97 Å². The van der Waals surface area contributed by atoms with E-state index in [2.05, 4.69) is 9.97 Å². The Kier molecular flexibility index (Phi) is 2.61. The second-order valence-electron chi connectivity index (χ2n) is 3.33. The minimum absolute atomic E-state index is 0.0347. The van der Waals surface area contributed by atoms with E-state index in [1.165, 1.54) is 12.1 Å². The summed E-state index contributed by atoms with van der Waals surface area (Å²) in [5.41, 5.74) is -0.654. The number of benzene rings is 1. The lowest BCUT2D eigenvalue weighted by atomic mass is 10.2. The van der Waals surface area contributed by atoms with Gasteiger partial charge >= 0.3 is 5.97 Å². The van der Waals surface area contributed by atoms with Crippen molar-refractivity contribution in [2.45, 2.75) is 0 Å². The standard InChI is InChI=1S/C11H8N2O4/c14-7-3-1-2-6(4-7)9-12-5-8(11(16)17)10(15)13-9/h1-5,14H,(H,16,17)(H,12,13,15). The molecule has 86 valence electrons. The van der Waals surface area contributed by atoms with E-state index in [0.29, 0.717) is 5.56 Å².